The topological polar surface area (TPSA) is 45.1 Å². The molecule has 4 unspecified atom stereocenters. The van der Waals surface area contributed by atoms with Gasteiger partial charge in [0.05, 0.1) is 11.0 Å². The molecule has 79 heavy (non-hydrogen) atoms. The molecule has 3 aliphatic rings. The summed E-state index contributed by atoms with van der Waals surface area (Å²) >= 11 is 0. The van der Waals surface area contributed by atoms with Gasteiger partial charge < -0.3 is 28.4 Å². The van der Waals surface area contributed by atoms with Crippen molar-refractivity contribution in [3.05, 3.63) is 252 Å². The van der Waals surface area contributed by atoms with E-state index in [0.29, 0.717) is 13.2 Å². The molecule has 11 aromatic rings. The van der Waals surface area contributed by atoms with E-state index in [-0.39, 0.29) is 29.8 Å². The Labute approximate surface area is 463 Å². The predicted molar refractivity (Wildman–Crippen MR) is 323 cm³/mol. The van der Waals surface area contributed by atoms with Crippen LogP contribution in [0.2, 0.25) is 0 Å². The summed E-state index contributed by atoms with van der Waals surface area (Å²) in [5.41, 5.74) is 26.1. The molecule has 1 aromatic heterocycles. The Morgan fingerprint density at radius 2 is 0.823 bits per heavy atom. The van der Waals surface area contributed by atoms with Crippen LogP contribution < -0.4 is 4.90 Å². The lowest BCUT2D eigenvalue weighted by molar-refractivity contribution is -0.0810. The maximum atomic E-state index is 6.13. The van der Waals surface area contributed by atoms with Gasteiger partial charge >= 0.3 is 0 Å². The number of anilines is 3. The SMILES string of the molecule is CCOC1c2ccc(-c3ccc(-n4c5ccccc5c5cc(-c6ccc(N(c7ccc(-c8ccccc8)cc7)c7ccc8c(c7)C(C)(C)c7cc(-c9ccc%10c(c9)C(OCC)C%10OC)ccc7-8)cc6)ccc54)cc3)cc2C1OC. The van der Waals surface area contributed by atoms with Crippen LogP contribution in [0.25, 0.3) is 83.1 Å². The van der Waals surface area contributed by atoms with Crippen molar-refractivity contribution in [2.24, 2.45) is 0 Å². The van der Waals surface area contributed by atoms with Gasteiger partial charge in [-0.3, -0.25) is 0 Å². The Bertz CT molecular complexity index is 4120. The first-order chi connectivity index (χ1) is 38.7. The zero-order valence-corrected chi connectivity index (χ0v) is 45.5. The summed E-state index contributed by atoms with van der Waals surface area (Å²) in [6.45, 7) is 10.1. The molecule has 0 aliphatic heterocycles. The standard InChI is InChI=1S/C73H62N2O4/c1-7-78-71-61-37-25-49(41-63(61)70(71)77-6)47-22-32-55(33-23-47)75-67-17-13-12-16-59(67)62-40-50(27-39-68(62)75)48-20-30-54(31-21-48)74(53-28-18-46(19-29-53)45-14-10-9-11-15-45)56-34-38-58-57-35-24-52(43-65(57)73(3,4)66(58)44-56)51-26-36-60-64(42-51)72(79-8-2)69(60)76-5/h9-44,69-72H,7-8H2,1-6H3. The molecule has 0 spiro atoms. The number of benzene rings is 10. The molecule has 6 nitrogen and oxygen atoms in total. The van der Waals surface area contributed by atoms with Crippen LogP contribution >= 0.6 is 0 Å². The van der Waals surface area contributed by atoms with Crippen molar-refractivity contribution >= 4 is 38.9 Å². The number of fused-ring (bicyclic) bond motifs is 8. The smallest absolute Gasteiger partial charge is 0.113 e. The molecular formula is C73H62N2O4. The van der Waals surface area contributed by atoms with Crippen LogP contribution in [0.15, 0.2) is 218 Å². The molecule has 10 aromatic carbocycles. The van der Waals surface area contributed by atoms with Gasteiger partial charge in [-0.25, -0.2) is 0 Å². The highest BCUT2D eigenvalue weighted by molar-refractivity contribution is 6.10. The second-order valence-corrected chi connectivity index (χ2v) is 21.8. The normalized spacial score (nSPS) is 17.4. The minimum absolute atomic E-state index is 0.000377. The lowest BCUT2D eigenvalue weighted by Gasteiger charge is -2.38. The number of rotatable bonds is 14. The summed E-state index contributed by atoms with van der Waals surface area (Å²) in [6.07, 6.45) is -0.0911. The first kappa shape index (κ1) is 49.0. The Balaban J connectivity index is 0.789. The van der Waals surface area contributed by atoms with Crippen molar-refractivity contribution in [2.45, 2.75) is 57.5 Å². The average molecular weight is 1030 g/mol. The highest BCUT2D eigenvalue weighted by atomic mass is 16.5. The van der Waals surface area contributed by atoms with Crippen LogP contribution in [0.4, 0.5) is 17.1 Å². The molecule has 0 bridgehead atoms. The number of hydrogen-bond acceptors (Lipinski definition) is 5. The van der Waals surface area contributed by atoms with E-state index < -0.39 is 0 Å². The summed E-state index contributed by atoms with van der Waals surface area (Å²) in [5.74, 6) is 0. The Kier molecular flexibility index (Phi) is 12.1. The molecule has 0 amide bonds. The summed E-state index contributed by atoms with van der Waals surface area (Å²) < 4.78 is 26.2. The maximum absolute atomic E-state index is 6.13. The highest BCUT2D eigenvalue weighted by Gasteiger charge is 2.41. The fraction of sp³-hybridized carbons (Fsp3) is 0.178. The molecular weight excluding hydrogens is 969 g/mol. The zero-order valence-electron chi connectivity index (χ0n) is 45.5. The fourth-order valence-electron chi connectivity index (χ4n) is 13.2. The Morgan fingerprint density at radius 1 is 0.380 bits per heavy atom. The summed E-state index contributed by atoms with van der Waals surface area (Å²) in [7, 11) is 3.54. The van der Waals surface area contributed by atoms with Crippen LogP contribution in [-0.2, 0) is 24.4 Å². The second-order valence-electron chi connectivity index (χ2n) is 21.8. The fourth-order valence-corrected chi connectivity index (χ4v) is 13.2. The summed E-state index contributed by atoms with van der Waals surface area (Å²) in [5, 5.41) is 2.45. The van der Waals surface area contributed by atoms with E-state index in [2.05, 4.69) is 242 Å². The van der Waals surface area contributed by atoms with Gasteiger partial charge in [0.15, 0.2) is 0 Å². The van der Waals surface area contributed by atoms with E-state index in [9.17, 15) is 0 Å². The molecule has 388 valence electrons. The molecule has 6 heteroatoms. The highest BCUT2D eigenvalue weighted by Crippen LogP contribution is 2.54. The van der Waals surface area contributed by atoms with Crippen molar-refractivity contribution in [3.8, 4) is 61.3 Å². The van der Waals surface area contributed by atoms with E-state index >= 15 is 0 Å². The number of methoxy groups -OCH3 is 2. The van der Waals surface area contributed by atoms with Crippen LogP contribution in [0.3, 0.4) is 0 Å². The molecule has 0 fully saturated rings. The van der Waals surface area contributed by atoms with Crippen molar-refractivity contribution in [1.82, 2.24) is 4.57 Å². The lowest BCUT2D eigenvalue weighted by atomic mass is 9.79. The largest absolute Gasteiger partial charge is 0.374 e. The first-order valence-corrected chi connectivity index (χ1v) is 27.8. The lowest BCUT2D eigenvalue weighted by Crippen LogP contribution is -2.28. The molecule has 3 aliphatic carbocycles. The number of ether oxygens (including phenoxy) is 4. The van der Waals surface area contributed by atoms with Crippen molar-refractivity contribution in [2.75, 3.05) is 32.3 Å². The third kappa shape index (κ3) is 7.99. The Morgan fingerprint density at radius 3 is 1.48 bits per heavy atom. The van der Waals surface area contributed by atoms with E-state index in [1.54, 1.807) is 14.2 Å². The van der Waals surface area contributed by atoms with E-state index in [1.165, 1.54) is 105 Å². The zero-order chi connectivity index (χ0) is 53.5. The minimum atomic E-state index is -0.240. The minimum Gasteiger partial charge on any atom is -0.374 e. The van der Waals surface area contributed by atoms with Crippen LogP contribution in [0.1, 0.15) is 85.5 Å². The van der Waals surface area contributed by atoms with Gasteiger partial charge in [0.1, 0.15) is 24.4 Å². The van der Waals surface area contributed by atoms with Gasteiger partial charge in [0.25, 0.3) is 0 Å². The third-order valence-electron chi connectivity index (χ3n) is 17.2. The molecule has 0 saturated carbocycles. The third-order valence-corrected chi connectivity index (χ3v) is 17.2. The van der Waals surface area contributed by atoms with Gasteiger partial charge in [-0.05, 0) is 188 Å². The van der Waals surface area contributed by atoms with E-state index in [0.717, 1.165) is 28.3 Å². The molecule has 0 saturated heterocycles. The van der Waals surface area contributed by atoms with Crippen molar-refractivity contribution in [3.63, 3.8) is 0 Å². The average Bonchev–Trinajstić information content (AvgIpc) is 4.13. The quantitative estimate of drug-likeness (QED) is 0.109. The predicted octanol–water partition coefficient (Wildman–Crippen LogP) is 18.8. The molecule has 1 heterocycles. The van der Waals surface area contributed by atoms with E-state index in [4.69, 9.17) is 18.9 Å². The monoisotopic (exact) mass is 1030 g/mol. The first-order valence-electron chi connectivity index (χ1n) is 27.8. The van der Waals surface area contributed by atoms with Gasteiger partial charge in [-0.2, -0.15) is 0 Å². The number of para-hydroxylation sites is 1. The van der Waals surface area contributed by atoms with E-state index in [1.807, 2.05) is 13.8 Å². The summed E-state index contributed by atoms with van der Waals surface area (Å²) in [4.78, 5) is 2.41. The molecule has 4 atom stereocenters. The number of hydrogen-bond donors (Lipinski definition) is 0. The van der Waals surface area contributed by atoms with Crippen molar-refractivity contribution < 1.29 is 18.9 Å². The summed E-state index contributed by atoms with van der Waals surface area (Å²) in [6, 6.07) is 80.9. The molecule has 14 rings (SSSR count). The van der Waals surface area contributed by atoms with Crippen LogP contribution in [-0.4, -0.2) is 32.0 Å². The van der Waals surface area contributed by atoms with Gasteiger partial charge in [-0.1, -0.05) is 147 Å². The van der Waals surface area contributed by atoms with Crippen LogP contribution in [0.5, 0.6) is 0 Å². The number of nitrogens with zero attached hydrogens (tertiary/aromatic N) is 2. The van der Waals surface area contributed by atoms with Gasteiger partial charge in [0, 0.05) is 66.4 Å². The molecule has 0 N–H and O–H groups in total. The van der Waals surface area contributed by atoms with Crippen molar-refractivity contribution in [1.29, 1.82) is 0 Å². The van der Waals surface area contributed by atoms with Gasteiger partial charge in [0.2, 0.25) is 0 Å². The second kappa shape index (κ2) is 19.5. The maximum Gasteiger partial charge on any atom is 0.113 e. The number of aromatic nitrogens is 1. The molecule has 0 radical (unpaired) electrons. The van der Waals surface area contributed by atoms with Crippen LogP contribution in [0, 0.1) is 0 Å². The Hall–Kier alpha value is -8.36. The van der Waals surface area contributed by atoms with Gasteiger partial charge in [-0.15, -0.1) is 0 Å².